The number of halogens is 1. The molecule has 116 valence electrons. The van der Waals surface area contributed by atoms with Crippen molar-refractivity contribution in [3.8, 4) is 5.75 Å². The van der Waals surface area contributed by atoms with E-state index in [4.69, 9.17) is 15.2 Å². The van der Waals surface area contributed by atoms with Crippen LogP contribution in [-0.4, -0.2) is 29.8 Å². The Kier molecular flexibility index (Phi) is 4.84. The average molecular weight is 372 g/mol. The SMILES string of the molecule is C[C@@H](N)c1ccc(Br)cc1OC1CCOC2(CCSC2)C1. The molecule has 2 unspecified atom stereocenters. The number of hydrogen-bond acceptors (Lipinski definition) is 4. The van der Waals surface area contributed by atoms with Crippen molar-refractivity contribution < 1.29 is 9.47 Å². The zero-order valence-corrected chi connectivity index (χ0v) is 14.7. The number of ether oxygens (including phenoxy) is 2. The van der Waals surface area contributed by atoms with Crippen molar-refractivity contribution in [2.24, 2.45) is 5.73 Å². The Morgan fingerprint density at radius 1 is 1.52 bits per heavy atom. The first-order chi connectivity index (χ1) is 10.1. The zero-order valence-electron chi connectivity index (χ0n) is 12.3. The van der Waals surface area contributed by atoms with Gasteiger partial charge in [0.2, 0.25) is 0 Å². The number of nitrogens with two attached hydrogens (primary N) is 1. The van der Waals surface area contributed by atoms with Gasteiger partial charge in [-0.2, -0.15) is 11.8 Å². The molecule has 2 saturated heterocycles. The van der Waals surface area contributed by atoms with E-state index in [0.29, 0.717) is 0 Å². The molecule has 3 nitrogen and oxygen atoms in total. The van der Waals surface area contributed by atoms with Crippen molar-refractivity contribution >= 4 is 27.7 Å². The van der Waals surface area contributed by atoms with Gasteiger partial charge in [-0.3, -0.25) is 0 Å². The molecule has 21 heavy (non-hydrogen) atoms. The Morgan fingerprint density at radius 3 is 3.10 bits per heavy atom. The summed E-state index contributed by atoms with van der Waals surface area (Å²) in [6.45, 7) is 2.79. The summed E-state index contributed by atoms with van der Waals surface area (Å²) in [4.78, 5) is 0. The maximum absolute atomic E-state index is 6.32. The summed E-state index contributed by atoms with van der Waals surface area (Å²) >= 11 is 5.51. The van der Waals surface area contributed by atoms with Crippen LogP contribution in [0.2, 0.25) is 0 Å². The lowest BCUT2D eigenvalue weighted by Gasteiger charge is -2.38. The molecule has 0 radical (unpaired) electrons. The third kappa shape index (κ3) is 3.58. The normalized spacial score (nSPS) is 30.5. The molecule has 0 amide bonds. The van der Waals surface area contributed by atoms with Gasteiger partial charge in [0.1, 0.15) is 11.9 Å². The van der Waals surface area contributed by atoms with Crippen molar-refractivity contribution in [3.05, 3.63) is 28.2 Å². The van der Waals surface area contributed by atoms with E-state index in [9.17, 15) is 0 Å². The van der Waals surface area contributed by atoms with E-state index in [1.54, 1.807) is 0 Å². The maximum Gasteiger partial charge on any atom is 0.125 e. The van der Waals surface area contributed by atoms with Gasteiger partial charge >= 0.3 is 0 Å². The highest BCUT2D eigenvalue weighted by Crippen LogP contribution is 2.40. The van der Waals surface area contributed by atoms with Crippen molar-refractivity contribution in [2.75, 3.05) is 18.1 Å². The molecule has 2 aliphatic heterocycles. The van der Waals surface area contributed by atoms with Crippen LogP contribution in [0.1, 0.15) is 37.8 Å². The molecule has 3 rings (SSSR count). The summed E-state index contributed by atoms with van der Waals surface area (Å²) in [5.74, 6) is 3.22. The average Bonchev–Trinajstić information content (AvgIpc) is 2.86. The van der Waals surface area contributed by atoms with Crippen molar-refractivity contribution in [3.63, 3.8) is 0 Å². The Bertz CT molecular complexity index is 503. The minimum atomic E-state index is -0.0241. The smallest absolute Gasteiger partial charge is 0.125 e. The number of benzene rings is 1. The summed E-state index contributed by atoms with van der Waals surface area (Å²) < 4.78 is 13.4. The zero-order chi connectivity index (χ0) is 14.9. The van der Waals surface area contributed by atoms with Gasteiger partial charge in [-0.25, -0.2) is 0 Å². The molecule has 2 N–H and O–H groups in total. The minimum Gasteiger partial charge on any atom is -0.490 e. The molecular weight excluding hydrogens is 350 g/mol. The highest BCUT2D eigenvalue weighted by atomic mass is 79.9. The van der Waals surface area contributed by atoms with Crippen LogP contribution >= 0.6 is 27.7 Å². The van der Waals surface area contributed by atoms with Crippen LogP contribution < -0.4 is 10.5 Å². The molecule has 2 fully saturated rings. The van der Waals surface area contributed by atoms with E-state index in [0.717, 1.165) is 47.4 Å². The highest BCUT2D eigenvalue weighted by Gasteiger charge is 2.41. The van der Waals surface area contributed by atoms with Crippen LogP contribution in [0.15, 0.2) is 22.7 Å². The molecular formula is C16H22BrNO2S. The van der Waals surface area contributed by atoms with Crippen molar-refractivity contribution in [2.45, 2.75) is 43.9 Å². The Balaban J connectivity index is 1.75. The lowest BCUT2D eigenvalue weighted by Crippen LogP contribution is -2.44. The first-order valence-electron chi connectivity index (χ1n) is 7.51. The summed E-state index contributed by atoms with van der Waals surface area (Å²) in [6.07, 6.45) is 3.32. The second-order valence-corrected chi connectivity index (χ2v) is 8.06. The molecule has 1 spiro atoms. The lowest BCUT2D eigenvalue weighted by molar-refractivity contribution is -0.0960. The Hall–Kier alpha value is -0.230. The molecule has 0 aliphatic carbocycles. The minimum absolute atomic E-state index is 0.0241. The summed E-state index contributed by atoms with van der Waals surface area (Å²) in [6, 6.07) is 6.07. The molecule has 0 aromatic heterocycles. The number of hydrogen-bond donors (Lipinski definition) is 1. The first-order valence-corrected chi connectivity index (χ1v) is 9.46. The lowest BCUT2D eigenvalue weighted by atomic mass is 9.91. The predicted octanol–water partition coefficient (Wildman–Crippen LogP) is 3.90. The molecule has 2 heterocycles. The molecule has 2 aliphatic rings. The van der Waals surface area contributed by atoms with E-state index < -0.39 is 0 Å². The third-order valence-corrected chi connectivity index (χ3v) is 5.99. The van der Waals surface area contributed by atoms with Gasteiger partial charge in [0.05, 0.1) is 12.2 Å². The monoisotopic (exact) mass is 371 g/mol. The summed E-state index contributed by atoms with van der Waals surface area (Å²) in [7, 11) is 0. The second-order valence-electron chi connectivity index (χ2n) is 6.04. The molecule has 1 aromatic rings. The van der Waals surface area contributed by atoms with Crippen LogP contribution in [0.25, 0.3) is 0 Å². The van der Waals surface area contributed by atoms with Gasteiger partial charge in [0, 0.05) is 34.7 Å². The van der Waals surface area contributed by atoms with Gasteiger partial charge in [0.15, 0.2) is 0 Å². The van der Waals surface area contributed by atoms with Crippen LogP contribution in [0.3, 0.4) is 0 Å². The van der Waals surface area contributed by atoms with Gasteiger partial charge in [0.25, 0.3) is 0 Å². The van der Waals surface area contributed by atoms with Crippen LogP contribution in [0, 0.1) is 0 Å². The molecule has 0 saturated carbocycles. The topological polar surface area (TPSA) is 44.5 Å². The summed E-state index contributed by atoms with van der Waals surface area (Å²) in [5.41, 5.74) is 7.18. The maximum atomic E-state index is 6.32. The van der Waals surface area contributed by atoms with Gasteiger partial charge in [-0.05, 0) is 31.2 Å². The van der Waals surface area contributed by atoms with Crippen LogP contribution in [0.4, 0.5) is 0 Å². The second kappa shape index (κ2) is 6.49. The molecule has 0 bridgehead atoms. The first kappa shape index (κ1) is 15.7. The largest absolute Gasteiger partial charge is 0.490 e. The predicted molar refractivity (Wildman–Crippen MR) is 91.0 cm³/mol. The van der Waals surface area contributed by atoms with Crippen molar-refractivity contribution in [1.82, 2.24) is 0 Å². The van der Waals surface area contributed by atoms with E-state index >= 15 is 0 Å². The van der Waals surface area contributed by atoms with Crippen molar-refractivity contribution in [1.29, 1.82) is 0 Å². The Labute approximate surface area is 139 Å². The van der Waals surface area contributed by atoms with E-state index in [2.05, 4.69) is 15.9 Å². The molecule has 1 aromatic carbocycles. The van der Waals surface area contributed by atoms with E-state index in [-0.39, 0.29) is 17.7 Å². The fraction of sp³-hybridized carbons (Fsp3) is 0.625. The van der Waals surface area contributed by atoms with Gasteiger partial charge < -0.3 is 15.2 Å². The molecule has 5 heteroatoms. The number of rotatable bonds is 3. The molecule has 3 atom stereocenters. The van der Waals surface area contributed by atoms with Gasteiger partial charge in [-0.15, -0.1) is 0 Å². The Morgan fingerprint density at radius 2 is 2.38 bits per heavy atom. The highest BCUT2D eigenvalue weighted by molar-refractivity contribution is 9.10. The van der Waals surface area contributed by atoms with E-state index in [1.165, 1.54) is 5.75 Å². The summed E-state index contributed by atoms with van der Waals surface area (Å²) in [5, 5.41) is 0. The standard InChI is InChI=1S/C16H22BrNO2S/c1-11(18)14-3-2-12(17)8-15(14)20-13-4-6-19-16(9-13)5-7-21-10-16/h2-3,8,11,13H,4-7,9-10,18H2,1H3/t11-,13?,16?/m1/s1. The van der Waals surface area contributed by atoms with Crippen LogP contribution in [-0.2, 0) is 4.74 Å². The fourth-order valence-electron chi connectivity index (χ4n) is 3.11. The van der Waals surface area contributed by atoms with Gasteiger partial charge in [-0.1, -0.05) is 22.0 Å². The van der Waals surface area contributed by atoms with E-state index in [1.807, 2.05) is 36.9 Å². The third-order valence-electron chi connectivity index (χ3n) is 4.27. The fourth-order valence-corrected chi connectivity index (χ4v) is 4.83. The van der Waals surface area contributed by atoms with Crippen LogP contribution in [0.5, 0.6) is 5.75 Å². The number of thioether (sulfide) groups is 1. The quantitative estimate of drug-likeness (QED) is 0.874.